The Kier molecular flexibility index (Phi) is 43.7. The number of halogens is 3. The van der Waals surface area contributed by atoms with Crippen LogP contribution in [0.3, 0.4) is 0 Å². The van der Waals surface area contributed by atoms with Crippen LogP contribution >= 0.6 is 35.6 Å². The number of piperidine rings is 1. The number of nitrogens with zero attached hydrogens (tertiary/aromatic N) is 10. The Hall–Kier alpha value is -5.12. The van der Waals surface area contributed by atoms with Gasteiger partial charge in [-0.15, -0.1) is 24.0 Å². The monoisotopic (exact) mass is 1520 g/mol. The first kappa shape index (κ1) is 91.3. The molecule has 0 saturated carbocycles. The number of fused-ring (bicyclic) bond motifs is 2. The largest absolute Gasteiger partial charge is 1.00 e. The summed E-state index contributed by atoms with van der Waals surface area (Å²) in [6, 6.07) is 32.8. The standard InChI is InChI=1S/C27H33ClN6O.C19H24N4O2.C14H17NO3.C6H13N3O.C4H9NO.C2H5ClN2.CH3O.ClH.2Na.H/c1-27(2,3)19-6-8-20(9-7-19)30-25-21-17-34(26-22(28)5-4-11-29-26)12-10-23(21)31-24(32-25)18-33-13-15-35-16-14-33;24-19-16-13-23(12-15-4-2-1-3-5-15)7-6-17(16)20-18(21-19)14-22-8-10-25-11-9-22;1-18-14(17)12-10-15(8-7-13(12)16)9-11-5-3-2-4-6-11;7-6(8)5-9-1-3-10-4-2-9;1-3-6-4-2-5-1;3-1-2(4)5;1-2;;;;/h4-9,11H,10,12-18H2,1-3H3,(H,30,31,32);1-5H,6-14H2,(H,20,21,24);2-6,12H,7-10H2,1H3;1-5H2,(H3,7,8);5H,1-4H2;1H2,(H3,4,5);1H3;1H;;;/q;;;;;;-1;;2*+1;-1. The van der Waals surface area contributed by atoms with Gasteiger partial charge in [0, 0.05) is 141 Å². The zero-order valence-corrected chi connectivity index (χ0v) is 68.1. The fourth-order valence-corrected chi connectivity index (χ4v) is 12.1. The summed E-state index contributed by atoms with van der Waals surface area (Å²) in [6.07, 6.45) is 3.86. The number of aromatic nitrogens is 5. The summed E-state index contributed by atoms with van der Waals surface area (Å²) in [6.45, 7) is 28.4. The number of methoxy groups -OCH3 is 1. The van der Waals surface area contributed by atoms with Gasteiger partial charge in [0.15, 0.2) is 0 Å². The molecule has 0 aliphatic carbocycles. The quantitative estimate of drug-likeness (QED) is 0.0176. The van der Waals surface area contributed by atoms with Crippen LogP contribution in [0.25, 0.3) is 0 Å². The van der Waals surface area contributed by atoms with Crippen molar-refractivity contribution in [1.82, 2.24) is 54.7 Å². The van der Waals surface area contributed by atoms with E-state index >= 15 is 0 Å². The fraction of sp³-hybridized carbons (Fsp3) is 0.521. The smallest absolute Gasteiger partial charge is 1.00 e. The Bertz CT molecular complexity index is 3530. The van der Waals surface area contributed by atoms with Gasteiger partial charge in [0.25, 0.3) is 5.56 Å². The minimum atomic E-state index is -0.618. The molecule has 1 unspecified atom stereocenters. The first-order chi connectivity index (χ1) is 48.9. The first-order valence-electron chi connectivity index (χ1n) is 34.6. The summed E-state index contributed by atoms with van der Waals surface area (Å²) in [4.78, 5) is 71.4. The number of H-pyrrole nitrogens is 1. The van der Waals surface area contributed by atoms with Crippen molar-refractivity contribution in [3.05, 3.63) is 169 Å². The zero-order valence-electron chi connectivity index (χ0n) is 62.8. The van der Waals surface area contributed by atoms with Crippen LogP contribution in [0.2, 0.25) is 5.02 Å². The van der Waals surface area contributed by atoms with E-state index in [4.69, 9.17) is 84.5 Å². The number of hydrogen-bond acceptors (Lipinski definition) is 23. The van der Waals surface area contributed by atoms with Crippen molar-refractivity contribution in [3.8, 4) is 0 Å². The second-order valence-electron chi connectivity index (χ2n) is 26.0. The third kappa shape index (κ3) is 32.0. The Morgan fingerprint density at radius 2 is 1.18 bits per heavy atom. The van der Waals surface area contributed by atoms with Gasteiger partial charge in [-0.3, -0.25) is 49.7 Å². The SMILES string of the molecule is C1COCCN1.CC(C)(C)c1ccc(Nc2nc(CN3CCOCC3)nc3c2CN(c2ncccc2Cl)CC3)cc1.COC(=O)C1CN(Cc2ccccc2)CCC1=O.C[O-].Cl.N=C(N)CCl.N=C(N)CN1CCOCC1.O=c1[nH]c(CN2CCOCC2)nc2c1CN(Cc1ccccc1)CC2.[H-].[Na+].[Na+]. The summed E-state index contributed by atoms with van der Waals surface area (Å²) < 4.78 is 25.7. The number of benzene rings is 3. The van der Waals surface area contributed by atoms with Gasteiger partial charge in [-0.2, -0.15) is 7.11 Å². The topological polar surface area (TPSA) is 331 Å². The van der Waals surface area contributed by atoms with Crippen LogP contribution in [-0.4, -0.2) is 231 Å². The molecule has 6 aromatic rings. The van der Waals surface area contributed by atoms with Crippen molar-refractivity contribution >= 4 is 76.4 Å². The number of hydrogen-bond donors (Lipinski definition) is 7. The Morgan fingerprint density at radius 3 is 1.70 bits per heavy atom. The number of carbonyl (C=O) groups excluding carboxylic acids is 2. The van der Waals surface area contributed by atoms with Gasteiger partial charge in [-0.05, 0) is 46.4 Å². The van der Waals surface area contributed by atoms with E-state index in [1.54, 1.807) is 6.20 Å². The third-order valence-corrected chi connectivity index (χ3v) is 17.9. The molecule has 10 heterocycles. The molecule has 0 bridgehead atoms. The molecule has 1 atom stereocenters. The zero-order chi connectivity index (χ0) is 72.4. The average molecular weight is 1520 g/mol. The molecular formula is C73H106Cl3N17Na2O9. The number of anilines is 3. The van der Waals surface area contributed by atoms with Crippen molar-refractivity contribution in [2.24, 2.45) is 17.4 Å². The van der Waals surface area contributed by atoms with Crippen LogP contribution in [0.1, 0.15) is 79.5 Å². The van der Waals surface area contributed by atoms with Crippen LogP contribution in [0.5, 0.6) is 0 Å². The molecule has 0 amide bonds. The number of amidine groups is 2. The summed E-state index contributed by atoms with van der Waals surface area (Å²) in [7, 11) is 2.08. The summed E-state index contributed by atoms with van der Waals surface area (Å²) >= 11 is 11.5. The van der Waals surface area contributed by atoms with Crippen molar-refractivity contribution in [1.29, 1.82) is 10.8 Å². The molecule has 560 valence electrons. The van der Waals surface area contributed by atoms with E-state index in [2.05, 4.69) is 124 Å². The third-order valence-electron chi connectivity index (χ3n) is 17.3. The number of alkyl halides is 1. The van der Waals surface area contributed by atoms with Crippen LogP contribution < -0.4 is 96.8 Å². The second kappa shape index (κ2) is 49.8. The first-order valence-corrected chi connectivity index (χ1v) is 35.5. The van der Waals surface area contributed by atoms with E-state index in [9.17, 15) is 14.4 Å². The van der Waals surface area contributed by atoms with Crippen molar-refractivity contribution in [3.63, 3.8) is 0 Å². The number of likely N-dealkylation sites (tertiary alicyclic amines) is 1. The number of esters is 1. The molecule has 3 aromatic carbocycles. The molecule has 13 rings (SSSR count). The number of ether oxygens (including phenoxy) is 5. The fourth-order valence-electron chi connectivity index (χ4n) is 11.9. The van der Waals surface area contributed by atoms with E-state index in [0.29, 0.717) is 50.7 Å². The number of nitrogens with two attached hydrogens (primary N) is 2. The van der Waals surface area contributed by atoms with Gasteiger partial charge in [-0.25, -0.2) is 19.9 Å². The van der Waals surface area contributed by atoms with Crippen molar-refractivity contribution in [2.75, 3.05) is 168 Å². The summed E-state index contributed by atoms with van der Waals surface area (Å²) in [5.74, 6) is 2.65. The van der Waals surface area contributed by atoms with Crippen molar-refractivity contribution in [2.45, 2.75) is 84.7 Å². The molecule has 5 fully saturated rings. The van der Waals surface area contributed by atoms with Crippen LogP contribution in [0.15, 0.2) is 108 Å². The van der Waals surface area contributed by atoms with E-state index in [-0.39, 0.29) is 107 Å². The average Bonchev–Trinajstić information content (AvgIpc) is 0.803. The van der Waals surface area contributed by atoms with Crippen LogP contribution in [0, 0.1) is 16.7 Å². The van der Waals surface area contributed by atoms with Crippen LogP contribution in [-0.2, 0) is 90.8 Å². The Morgan fingerprint density at radius 1 is 0.654 bits per heavy atom. The molecule has 0 radical (unpaired) electrons. The van der Waals surface area contributed by atoms with Crippen LogP contribution in [0.4, 0.5) is 17.3 Å². The summed E-state index contributed by atoms with van der Waals surface area (Å²) in [5, 5.41) is 29.1. The molecular weight excluding hydrogens is 1410 g/mol. The minimum Gasteiger partial charge on any atom is -1.00 e. The maximum atomic E-state index is 12.6. The normalized spacial score (nSPS) is 17.6. The summed E-state index contributed by atoms with van der Waals surface area (Å²) in [5.41, 5.74) is 18.9. The molecule has 9 N–H and O–H groups in total. The molecule has 0 spiro atoms. The maximum absolute atomic E-state index is 12.6. The van der Waals surface area contributed by atoms with Gasteiger partial charge in [0.05, 0.1) is 107 Å². The number of pyridine rings is 1. The molecule has 5 saturated heterocycles. The van der Waals surface area contributed by atoms with Gasteiger partial charge in [0.1, 0.15) is 46.7 Å². The van der Waals surface area contributed by atoms with Crippen molar-refractivity contribution < 1.29 is 98.9 Å². The predicted molar refractivity (Wildman–Crippen MR) is 402 cm³/mol. The second-order valence-corrected chi connectivity index (χ2v) is 26.6. The predicted octanol–water partition coefficient (Wildman–Crippen LogP) is -0.0873. The van der Waals surface area contributed by atoms with Gasteiger partial charge < -0.3 is 62.2 Å². The number of nitrogens with one attached hydrogen (secondary N) is 5. The number of morpholine rings is 4. The van der Waals surface area contributed by atoms with Gasteiger partial charge in [0.2, 0.25) is 0 Å². The molecule has 3 aromatic heterocycles. The van der Waals surface area contributed by atoms with E-state index in [1.807, 2.05) is 48.5 Å². The maximum Gasteiger partial charge on any atom is 1.00 e. The molecule has 7 aliphatic rings. The number of rotatable bonds is 15. The number of Topliss-reactive ketones (excluding diaryl/α,β-unsaturated/α-hetero) is 1. The Balaban J connectivity index is 0.000000359. The minimum absolute atomic E-state index is 0. The Labute approximate surface area is 675 Å². The molecule has 7 aliphatic heterocycles. The molecule has 31 heteroatoms. The van der Waals surface area contributed by atoms with E-state index in [1.165, 1.54) is 23.8 Å². The van der Waals surface area contributed by atoms with E-state index in [0.717, 1.165) is 209 Å². The van der Waals surface area contributed by atoms with E-state index < -0.39 is 11.9 Å². The number of carbonyl (C=O) groups is 2. The molecule has 26 nitrogen and oxygen atoms in total. The van der Waals surface area contributed by atoms with Gasteiger partial charge in [-0.1, -0.05) is 105 Å². The molecule has 104 heavy (non-hydrogen) atoms. The number of aromatic amines is 1. The number of ketones is 1. The van der Waals surface area contributed by atoms with Gasteiger partial charge >= 0.3 is 65.1 Å².